The van der Waals surface area contributed by atoms with E-state index in [1.165, 1.54) is 0 Å². The van der Waals surface area contributed by atoms with Crippen LogP contribution in [0.25, 0.3) is 0 Å². The normalized spacial score (nSPS) is 21.9. The third-order valence-corrected chi connectivity index (χ3v) is 4.57. The minimum atomic E-state index is -0.0938. The summed E-state index contributed by atoms with van der Waals surface area (Å²) < 4.78 is 1.03. The van der Waals surface area contributed by atoms with Crippen LogP contribution in [0.2, 0.25) is 0 Å². The molecule has 1 aliphatic rings. The zero-order valence-corrected chi connectivity index (χ0v) is 13.1. The third kappa shape index (κ3) is 3.57. The molecule has 1 fully saturated rings. The van der Waals surface area contributed by atoms with E-state index < -0.39 is 0 Å². The summed E-state index contributed by atoms with van der Waals surface area (Å²) in [6, 6.07) is 7.87. The van der Waals surface area contributed by atoms with Gasteiger partial charge in [0.2, 0.25) is 5.91 Å². The van der Waals surface area contributed by atoms with Gasteiger partial charge in [-0.2, -0.15) is 0 Å². The van der Waals surface area contributed by atoms with Gasteiger partial charge in [0.1, 0.15) is 0 Å². The number of carbonyl (C=O) groups excluding carboxylic acids is 1. The Morgan fingerprint density at radius 3 is 2.89 bits per heavy atom. The van der Waals surface area contributed by atoms with E-state index in [0.29, 0.717) is 6.54 Å². The molecule has 3 nitrogen and oxygen atoms in total. The van der Waals surface area contributed by atoms with Crippen LogP contribution < -0.4 is 10.6 Å². The third-order valence-electron chi connectivity index (χ3n) is 3.80. The molecule has 4 heteroatoms. The van der Waals surface area contributed by atoms with Crippen molar-refractivity contribution in [1.29, 1.82) is 0 Å². The second kappa shape index (κ2) is 6.06. The Bertz CT molecular complexity index is 459. The maximum absolute atomic E-state index is 12.3. The standard InChI is InChI=1S/C15H21BrN2O/c1-15(2)8-5-9-17-13(15)14(19)18-10-11-6-3-4-7-12(11)16/h3-4,6-7,13,17H,5,8-10H2,1-2H3,(H,18,19). The van der Waals surface area contributed by atoms with Gasteiger partial charge in [-0.1, -0.05) is 48.0 Å². The van der Waals surface area contributed by atoms with Gasteiger partial charge in [0.25, 0.3) is 0 Å². The first-order valence-corrected chi connectivity index (χ1v) is 7.54. The van der Waals surface area contributed by atoms with E-state index in [0.717, 1.165) is 29.4 Å². The summed E-state index contributed by atoms with van der Waals surface area (Å²) in [6.07, 6.45) is 2.23. The largest absolute Gasteiger partial charge is 0.351 e. The second-order valence-electron chi connectivity index (χ2n) is 5.79. The Hall–Kier alpha value is -0.870. The Morgan fingerprint density at radius 1 is 1.47 bits per heavy atom. The maximum Gasteiger partial charge on any atom is 0.237 e. The number of amides is 1. The van der Waals surface area contributed by atoms with Crippen LogP contribution in [0.15, 0.2) is 28.7 Å². The predicted molar refractivity (Wildman–Crippen MR) is 80.8 cm³/mol. The molecule has 19 heavy (non-hydrogen) atoms. The minimum Gasteiger partial charge on any atom is -0.351 e. The lowest BCUT2D eigenvalue weighted by Gasteiger charge is -2.38. The van der Waals surface area contributed by atoms with Gasteiger partial charge in [-0.05, 0) is 36.4 Å². The average molecular weight is 325 g/mol. The van der Waals surface area contributed by atoms with Crippen LogP contribution in [-0.2, 0) is 11.3 Å². The van der Waals surface area contributed by atoms with E-state index in [2.05, 4.69) is 40.4 Å². The van der Waals surface area contributed by atoms with Crippen LogP contribution >= 0.6 is 15.9 Å². The molecule has 0 radical (unpaired) electrons. The number of benzene rings is 1. The molecule has 1 aromatic carbocycles. The molecule has 1 aromatic rings. The summed E-state index contributed by atoms with van der Waals surface area (Å²) in [7, 11) is 0. The fourth-order valence-electron chi connectivity index (χ4n) is 2.58. The Kier molecular flexibility index (Phi) is 4.63. The summed E-state index contributed by atoms with van der Waals surface area (Å²) in [5.41, 5.74) is 1.13. The van der Waals surface area contributed by atoms with E-state index in [1.807, 2.05) is 24.3 Å². The van der Waals surface area contributed by atoms with Crippen molar-refractivity contribution in [2.24, 2.45) is 5.41 Å². The van der Waals surface area contributed by atoms with E-state index >= 15 is 0 Å². The molecule has 0 aromatic heterocycles. The monoisotopic (exact) mass is 324 g/mol. The van der Waals surface area contributed by atoms with Gasteiger partial charge >= 0.3 is 0 Å². The molecule has 1 atom stereocenters. The van der Waals surface area contributed by atoms with Crippen molar-refractivity contribution >= 4 is 21.8 Å². The molecule has 1 unspecified atom stereocenters. The van der Waals surface area contributed by atoms with Crippen LogP contribution in [0.3, 0.4) is 0 Å². The maximum atomic E-state index is 12.3. The number of hydrogen-bond acceptors (Lipinski definition) is 2. The number of nitrogens with one attached hydrogen (secondary N) is 2. The van der Waals surface area contributed by atoms with Gasteiger partial charge in [0, 0.05) is 11.0 Å². The SMILES string of the molecule is CC1(C)CCCNC1C(=O)NCc1ccccc1Br. The summed E-state index contributed by atoms with van der Waals surface area (Å²) in [5.74, 6) is 0.0976. The highest BCUT2D eigenvalue weighted by molar-refractivity contribution is 9.10. The van der Waals surface area contributed by atoms with Gasteiger partial charge < -0.3 is 10.6 Å². The van der Waals surface area contributed by atoms with E-state index in [9.17, 15) is 4.79 Å². The fraction of sp³-hybridized carbons (Fsp3) is 0.533. The van der Waals surface area contributed by atoms with Crippen molar-refractivity contribution in [3.63, 3.8) is 0 Å². The van der Waals surface area contributed by atoms with Crippen molar-refractivity contribution in [2.75, 3.05) is 6.54 Å². The van der Waals surface area contributed by atoms with E-state index in [4.69, 9.17) is 0 Å². The minimum absolute atomic E-state index is 0.0241. The molecule has 1 amide bonds. The topological polar surface area (TPSA) is 41.1 Å². The molecular formula is C15H21BrN2O. The summed E-state index contributed by atoms with van der Waals surface area (Å²) in [4.78, 5) is 12.3. The van der Waals surface area contributed by atoms with Crippen molar-refractivity contribution in [2.45, 2.75) is 39.3 Å². The summed E-state index contributed by atoms with van der Waals surface area (Å²) in [5, 5.41) is 6.37. The van der Waals surface area contributed by atoms with Gasteiger partial charge in [-0.25, -0.2) is 0 Å². The molecule has 2 N–H and O–H groups in total. The van der Waals surface area contributed by atoms with E-state index in [-0.39, 0.29) is 17.4 Å². The van der Waals surface area contributed by atoms with Gasteiger partial charge in [-0.3, -0.25) is 4.79 Å². The van der Waals surface area contributed by atoms with Crippen molar-refractivity contribution in [1.82, 2.24) is 10.6 Å². The highest BCUT2D eigenvalue weighted by Crippen LogP contribution is 2.30. The molecule has 0 bridgehead atoms. The molecule has 0 saturated carbocycles. The van der Waals surface area contributed by atoms with Crippen molar-refractivity contribution in [3.8, 4) is 0 Å². The number of halogens is 1. The zero-order valence-electron chi connectivity index (χ0n) is 11.5. The van der Waals surface area contributed by atoms with Crippen LogP contribution in [0.1, 0.15) is 32.3 Å². The second-order valence-corrected chi connectivity index (χ2v) is 6.64. The predicted octanol–water partition coefficient (Wildman–Crippen LogP) is 2.84. The molecule has 1 aliphatic heterocycles. The van der Waals surface area contributed by atoms with Crippen molar-refractivity contribution in [3.05, 3.63) is 34.3 Å². The number of rotatable bonds is 3. The Labute approximate surface area is 123 Å². The lowest BCUT2D eigenvalue weighted by molar-refractivity contribution is -0.126. The van der Waals surface area contributed by atoms with Gasteiger partial charge in [0.15, 0.2) is 0 Å². The lowest BCUT2D eigenvalue weighted by atomic mass is 9.77. The molecule has 104 valence electrons. The molecule has 1 heterocycles. The van der Waals surface area contributed by atoms with Crippen LogP contribution in [0.5, 0.6) is 0 Å². The smallest absolute Gasteiger partial charge is 0.237 e. The number of piperidine rings is 1. The van der Waals surface area contributed by atoms with Gasteiger partial charge in [-0.15, -0.1) is 0 Å². The fourth-order valence-corrected chi connectivity index (χ4v) is 3.01. The van der Waals surface area contributed by atoms with Crippen LogP contribution in [-0.4, -0.2) is 18.5 Å². The van der Waals surface area contributed by atoms with E-state index in [1.54, 1.807) is 0 Å². The number of carbonyl (C=O) groups is 1. The first-order chi connectivity index (χ1) is 9.00. The zero-order chi connectivity index (χ0) is 13.9. The number of hydrogen-bond donors (Lipinski definition) is 2. The molecule has 0 aliphatic carbocycles. The molecule has 2 rings (SSSR count). The molecule has 0 spiro atoms. The first-order valence-electron chi connectivity index (χ1n) is 6.75. The first kappa shape index (κ1) is 14.5. The summed E-state index contributed by atoms with van der Waals surface area (Å²) >= 11 is 3.50. The van der Waals surface area contributed by atoms with Crippen LogP contribution in [0, 0.1) is 5.41 Å². The van der Waals surface area contributed by atoms with Crippen LogP contribution in [0.4, 0.5) is 0 Å². The molecule has 1 saturated heterocycles. The Balaban J connectivity index is 1.96. The quantitative estimate of drug-likeness (QED) is 0.897. The summed E-state index contributed by atoms with van der Waals surface area (Å²) in [6.45, 7) is 5.80. The highest BCUT2D eigenvalue weighted by Gasteiger charge is 2.36. The van der Waals surface area contributed by atoms with Gasteiger partial charge in [0.05, 0.1) is 6.04 Å². The molecular weight excluding hydrogens is 304 g/mol. The Morgan fingerprint density at radius 2 is 2.21 bits per heavy atom. The lowest BCUT2D eigenvalue weighted by Crippen LogP contribution is -2.55. The average Bonchev–Trinajstić information content (AvgIpc) is 2.37. The van der Waals surface area contributed by atoms with Crippen molar-refractivity contribution < 1.29 is 4.79 Å². The highest BCUT2D eigenvalue weighted by atomic mass is 79.9.